The summed E-state index contributed by atoms with van der Waals surface area (Å²) < 4.78 is 28.1. The Bertz CT molecular complexity index is 2000. The Hall–Kier alpha value is -3.79. The monoisotopic (exact) mass is 910 g/mol. The molecule has 8 aliphatic rings. The zero-order valence-corrected chi connectivity index (χ0v) is 37.5. The summed E-state index contributed by atoms with van der Waals surface area (Å²) in [7, 11) is 0. The normalized spacial score (nSPS) is 32.7. The van der Waals surface area contributed by atoms with Crippen LogP contribution in [0.2, 0.25) is 9.94 Å². The van der Waals surface area contributed by atoms with Gasteiger partial charge < -0.3 is 0 Å². The minimum absolute atomic E-state index is 0.108. The van der Waals surface area contributed by atoms with Gasteiger partial charge in [0, 0.05) is 0 Å². The molecule has 8 aliphatic carbocycles. The Morgan fingerprint density at radius 2 is 0.847 bits per heavy atom. The molecule has 0 aliphatic heterocycles. The van der Waals surface area contributed by atoms with Gasteiger partial charge in [-0.3, -0.25) is 0 Å². The second kappa shape index (κ2) is 15.3. The van der Waals surface area contributed by atoms with Gasteiger partial charge in [-0.25, -0.2) is 0 Å². The molecule has 6 nitrogen and oxygen atoms in total. The summed E-state index contributed by atoms with van der Waals surface area (Å²) in [5, 5.41) is 0. The molecule has 8 saturated carbocycles. The minimum atomic E-state index is -3.02. The first-order valence-electron chi connectivity index (χ1n) is 22.3. The molecule has 12 rings (SSSR count). The van der Waals surface area contributed by atoms with Crippen LogP contribution in [0.25, 0.3) is 22.3 Å². The van der Waals surface area contributed by atoms with Gasteiger partial charge in [0.15, 0.2) is 0 Å². The molecular weight excluding hydrogens is 848 g/mol. The SMILES string of the molecule is CC1(OC(=O)COc2ccc([Te](C)(C)c3ccc(OCC(=O)OC4(C)C5CC6CC(C5)CC4C6)c(-c4ccccc4)c3)cc2-c2ccccc2)C2CC3CC(C2)CC1C3. The summed E-state index contributed by atoms with van der Waals surface area (Å²) in [5.41, 5.74) is 3.29. The quantitative estimate of drug-likeness (QED) is 0.104. The van der Waals surface area contributed by atoms with Gasteiger partial charge in [0.25, 0.3) is 0 Å². The molecule has 0 spiro atoms. The topological polar surface area (TPSA) is 71.1 Å². The summed E-state index contributed by atoms with van der Waals surface area (Å²) in [4.78, 5) is 31.9. The molecule has 4 aromatic rings. The van der Waals surface area contributed by atoms with Crippen LogP contribution in [-0.2, 0) is 19.1 Å². The van der Waals surface area contributed by atoms with Crippen molar-refractivity contribution in [1.29, 1.82) is 0 Å². The summed E-state index contributed by atoms with van der Waals surface area (Å²) >= 11 is -3.02. The molecule has 0 heterocycles. The second-order valence-electron chi connectivity index (χ2n) is 19.9. The van der Waals surface area contributed by atoms with Crippen LogP contribution in [0.3, 0.4) is 0 Å². The van der Waals surface area contributed by atoms with Crippen molar-refractivity contribution in [2.75, 3.05) is 13.2 Å². The van der Waals surface area contributed by atoms with Gasteiger partial charge in [0.05, 0.1) is 0 Å². The molecule has 8 fully saturated rings. The third kappa shape index (κ3) is 7.31. The first-order chi connectivity index (χ1) is 28.4. The van der Waals surface area contributed by atoms with E-state index in [1.54, 1.807) is 0 Å². The number of hydrogen-bond donors (Lipinski definition) is 0. The van der Waals surface area contributed by atoms with E-state index in [0.29, 0.717) is 35.2 Å². The molecule has 4 aromatic carbocycles. The van der Waals surface area contributed by atoms with Gasteiger partial charge in [-0.2, -0.15) is 0 Å². The molecule has 0 amide bonds. The van der Waals surface area contributed by atoms with Gasteiger partial charge in [0.1, 0.15) is 0 Å². The summed E-state index contributed by atoms with van der Waals surface area (Å²) in [6.45, 7) is 4.16. The van der Waals surface area contributed by atoms with Gasteiger partial charge >= 0.3 is 344 Å². The summed E-state index contributed by atoms with van der Waals surface area (Å²) in [6, 6.07) is 33.7. The van der Waals surface area contributed by atoms with Crippen molar-refractivity contribution in [3.8, 4) is 33.8 Å². The van der Waals surface area contributed by atoms with Crippen molar-refractivity contribution in [3.63, 3.8) is 0 Å². The van der Waals surface area contributed by atoms with Crippen LogP contribution in [0, 0.1) is 47.3 Å². The average Bonchev–Trinajstić information content (AvgIpc) is 3.23. The van der Waals surface area contributed by atoms with E-state index >= 15 is 0 Å². The number of esters is 2. The van der Waals surface area contributed by atoms with Crippen LogP contribution in [0.15, 0.2) is 97.1 Å². The molecular formula is C52H60O6Te. The van der Waals surface area contributed by atoms with Crippen molar-refractivity contribution in [1.82, 2.24) is 0 Å². The van der Waals surface area contributed by atoms with Crippen LogP contribution in [0.5, 0.6) is 11.5 Å². The Balaban J connectivity index is 0.878. The van der Waals surface area contributed by atoms with Crippen molar-refractivity contribution in [2.45, 2.75) is 99.2 Å². The molecule has 0 aromatic heterocycles. The molecule has 8 bridgehead atoms. The standard InChI is InChI=1S/C52H60O6Te/c1-51(39-21-33-19-34(23-39)24-40(51)22-33)57-49(53)31-55-47-17-15-43(29-45(47)37-11-7-5-8-12-37)59(3,4)44-16-18-48(46(30-44)38-13-9-6-10-14-38)56-32-50(54)58-52(2)41-25-35-20-36(27-41)28-42(52)26-35/h5-18,29-30,33-36,39-42H,19-28,31-32H2,1-4H3. The molecule has 0 unspecified atom stereocenters. The van der Waals surface area contributed by atoms with Gasteiger partial charge in [-0.15, -0.1) is 0 Å². The Kier molecular flexibility index (Phi) is 10.2. The number of hydrogen-bond acceptors (Lipinski definition) is 6. The van der Waals surface area contributed by atoms with E-state index in [1.807, 2.05) is 48.5 Å². The third-order valence-electron chi connectivity index (χ3n) is 16.1. The fourth-order valence-corrected chi connectivity index (χ4v) is 18.6. The zero-order valence-electron chi connectivity index (χ0n) is 35.2. The number of rotatable bonds is 12. The van der Waals surface area contributed by atoms with Crippen LogP contribution in [-0.4, -0.2) is 54.5 Å². The average molecular weight is 909 g/mol. The number of benzene rings is 4. The predicted molar refractivity (Wildman–Crippen MR) is 235 cm³/mol. The fraction of sp³-hybridized carbons (Fsp3) is 0.500. The number of ether oxygens (including phenoxy) is 4. The van der Waals surface area contributed by atoms with Crippen molar-refractivity contribution in [3.05, 3.63) is 97.1 Å². The van der Waals surface area contributed by atoms with E-state index in [9.17, 15) is 9.59 Å². The maximum absolute atomic E-state index is 13.5. The second-order valence-corrected chi connectivity index (χ2v) is 30.1. The number of carbonyl (C=O) groups is 2. The zero-order chi connectivity index (χ0) is 40.5. The third-order valence-corrected chi connectivity index (χ3v) is 24.3. The van der Waals surface area contributed by atoms with Crippen LogP contribution in [0.1, 0.15) is 78.1 Å². The molecule has 0 N–H and O–H groups in total. The van der Waals surface area contributed by atoms with Gasteiger partial charge in [-0.05, 0) is 12.8 Å². The van der Waals surface area contributed by atoms with E-state index in [2.05, 4.69) is 72.3 Å². The molecule has 0 saturated heterocycles. The van der Waals surface area contributed by atoms with Gasteiger partial charge in [-0.1, -0.05) is 0 Å². The Morgan fingerprint density at radius 3 is 1.19 bits per heavy atom. The maximum atomic E-state index is 13.5. The van der Waals surface area contributed by atoms with E-state index in [0.717, 1.165) is 45.9 Å². The van der Waals surface area contributed by atoms with Crippen LogP contribution < -0.4 is 16.7 Å². The Labute approximate surface area is 354 Å². The van der Waals surface area contributed by atoms with Crippen molar-refractivity contribution in [2.24, 2.45) is 47.3 Å². The van der Waals surface area contributed by atoms with Crippen molar-refractivity contribution >= 4 is 37.3 Å². The fourth-order valence-electron chi connectivity index (χ4n) is 13.1. The first-order valence-corrected chi connectivity index (χ1v) is 29.3. The molecule has 0 radical (unpaired) electrons. The van der Waals surface area contributed by atoms with Crippen molar-refractivity contribution < 1.29 is 28.5 Å². The predicted octanol–water partition coefficient (Wildman–Crippen LogP) is 10.1. The van der Waals surface area contributed by atoms with E-state index in [1.165, 1.54) is 71.4 Å². The van der Waals surface area contributed by atoms with E-state index in [-0.39, 0.29) is 36.4 Å². The van der Waals surface area contributed by atoms with E-state index in [4.69, 9.17) is 18.9 Å². The van der Waals surface area contributed by atoms with Crippen LogP contribution in [0.4, 0.5) is 0 Å². The van der Waals surface area contributed by atoms with Gasteiger partial charge in [0.2, 0.25) is 0 Å². The molecule has 7 heteroatoms. The molecule has 310 valence electrons. The molecule has 0 atom stereocenters. The summed E-state index contributed by atoms with van der Waals surface area (Å²) in [5.74, 6) is 5.96. The summed E-state index contributed by atoms with van der Waals surface area (Å²) in [6.07, 6.45) is 12.3. The van der Waals surface area contributed by atoms with Crippen LogP contribution >= 0.6 is 0 Å². The molecule has 59 heavy (non-hydrogen) atoms. The number of carbonyl (C=O) groups excluding carboxylic acids is 2. The van der Waals surface area contributed by atoms with E-state index < -0.39 is 18.2 Å². The Morgan fingerprint density at radius 1 is 0.508 bits per heavy atom. The first kappa shape index (κ1) is 39.4.